The molecule has 2 nitrogen and oxygen atoms in total. The van der Waals surface area contributed by atoms with Gasteiger partial charge >= 0.3 is 0 Å². The second-order valence-corrected chi connectivity index (χ2v) is 5.58. The van der Waals surface area contributed by atoms with E-state index in [0.29, 0.717) is 5.92 Å². The van der Waals surface area contributed by atoms with E-state index in [2.05, 4.69) is 46.1 Å². The molecule has 1 N–H and O–H groups in total. The van der Waals surface area contributed by atoms with Crippen molar-refractivity contribution in [2.45, 2.75) is 19.8 Å². The first-order valence-corrected chi connectivity index (χ1v) is 6.67. The molecular formula is C13H14BrClN2. The first-order valence-electron chi connectivity index (χ1n) is 5.50. The van der Waals surface area contributed by atoms with Crippen LogP contribution in [0.1, 0.15) is 25.3 Å². The number of pyridine rings is 1. The quantitative estimate of drug-likeness (QED) is 0.860. The summed E-state index contributed by atoms with van der Waals surface area (Å²) in [6.07, 6.45) is 0. The van der Waals surface area contributed by atoms with Crippen molar-refractivity contribution < 1.29 is 0 Å². The van der Waals surface area contributed by atoms with Gasteiger partial charge in [-0.2, -0.15) is 0 Å². The molecule has 0 saturated heterocycles. The van der Waals surface area contributed by atoms with Gasteiger partial charge in [-0.25, -0.2) is 4.98 Å². The van der Waals surface area contributed by atoms with Crippen molar-refractivity contribution in [3.63, 3.8) is 0 Å². The maximum absolute atomic E-state index is 6.06. The Kier molecular flexibility index (Phi) is 3.59. The van der Waals surface area contributed by atoms with E-state index in [1.54, 1.807) is 0 Å². The Labute approximate surface area is 115 Å². The molecule has 0 amide bonds. The minimum absolute atomic E-state index is 0.423. The van der Waals surface area contributed by atoms with E-state index in [1.807, 2.05) is 19.2 Å². The van der Waals surface area contributed by atoms with E-state index in [0.717, 1.165) is 26.2 Å². The van der Waals surface area contributed by atoms with Crippen molar-refractivity contribution in [1.29, 1.82) is 0 Å². The maximum Gasteiger partial charge on any atom is 0.129 e. The van der Waals surface area contributed by atoms with Gasteiger partial charge in [-0.3, -0.25) is 0 Å². The highest BCUT2D eigenvalue weighted by molar-refractivity contribution is 9.10. The minimum atomic E-state index is 0.423. The summed E-state index contributed by atoms with van der Waals surface area (Å²) in [5, 5.41) is 4.93. The third kappa shape index (κ3) is 2.40. The predicted octanol–water partition coefficient (Wildman–Crippen LogP) is 4.82. The van der Waals surface area contributed by atoms with Crippen molar-refractivity contribution in [2.24, 2.45) is 0 Å². The summed E-state index contributed by atoms with van der Waals surface area (Å²) in [5.41, 5.74) is 2.14. The zero-order valence-electron chi connectivity index (χ0n) is 10.0. The van der Waals surface area contributed by atoms with Crippen LogP contribution in [0.2, 0.25) is 5.02 Å². The molecule has 0 aliphatic rings. The molecule has 90 valence electrons. The molecule has 0 aliphatic carbocycles. The van der Waals surface area contributed by atoms with Gasteiger partial charge in [0.25, 0.3) is 0 Å². The number of hydrogen-bond acceptors (Lipinski definition) is 2. The van der Waals surface area contributed by atoms with Crippen LogP contribution in [-0.2, 0) is 0 Å². The van der Waals surface area contributed by atoms with Crippen LogP contribution in [-0.4, -0.2) is 12.0 Å². The highest BCUT2D eigenvalue weighted by Crippen LogP contribution is 2.32. The van der Waals surface area contributed by atoms with Gasteiger partial charge in [0.1, 0.15) is 5.82 Å². The summed E-state index contributed by atoms with van der Waals surface area (Å²) in [7, 11) is 1.89. The first kappa shape index (κ1) is 12.7. The number of anilines is 1. The molecule has 0 aliphatic heterocycles. The largest absolute Gasteiger partial charge is 0.373 e. The lowest BCUT2D eigenvalue weighted by Crippen LogP contribution is -2.01. The van der Waals surface area contributed by atoms with Crippen molar-refractivity contribution in [2.75, 3.05) is 12.4 Å². The molecule has 1 heterocycles. The first-order chi connectivity index (χ1) is 8.02. The third-order valence-corrected chi connectivity index (χ3v) is 3.55. The molecule has 0 spiro atoms. The molecule has 0 bridgehead atoms. The van der Waals surface area contributed by atoms with Gasteiger partial charge in [-0.05, 0) is 45.6 Å². The second-order valence-electron chi connectivity index (χ2n) is 4.29. The van der Waals surface area contributed by atoms with Crippen LogP contribution in [0, 0.1) is 0 Å². The molecule has 17 heavy (non-hydrogen) atoms. The lowest BCUT2D eigenvalue weighted by Gasteiger charge is -2.13. The number of hydrogen-bond donors (Lipinski definition) is 1. The topological polar surface area (TPSA) is 24.9 Å². The van der Waals surface area contributed by atoms with Crippen LogP contribution in [0.3, 0.4) is 0 Å². The van der Waals surface area contributed by atoms with Crippen LogP contribution in [0.15, 0.2) is 22.7 Å². The van der Waals surface area contributed by atoms with E-state index in [9.17, 15) is 0 Å². The summed E-state index contributed by atoms with van der Waals surface area (Å²) in [6, 6.07) is 5.96. The average Bonchev–Trinajstić information content (AvgIpc) is 2.27. The number of rotatable bonds is 2. The number of fused-ring (bicyclic) bond motifs is 1. The molecule has 1 aromatic carbocycles. The minimum Gasteiger partial charge on any atom is -0.373 e. The molecule has 2 rings (SSSR count). The molecule has 0 radical (unpaired) electrons. The smallest absolute Gasteiger partial charge is 0.129 e. The predicted molar refractivity (Wildman–Crippen MR) is 78.1 cm³/mol. The fraction of sp³-hybridized carbons (Fsp3) is 0.308. The molecule has 4 heteroatoms. The molecule has 0 unspecified atom stereocenters. The van der Waals surface area contributed by atoms with E-state index in [-0.39, 0.29) is 0 Å². The summed E-state index contributed by atoms with van der Waals surface area (Å²) in [6.45, 7) is 4.31. The Hall–Kier alpha value is -0.800. The monoisotopic (exact) mass is 312 g/mol. The Morgan fingerprint density at radius 2 is 2.00 bits per heavy atom. The fourth-order valence-corrected chi connectivity index (χ4v) is 2.79. The van der Waals surface area contributed by atoms with Gasteiger partial charge in [0, 0.05) is 21.9 Å². The van der Waals surface area contributed by atoms with E-state index >= 15 is 0 Å². The molecule has 1 aromatic heterocycles. The Balaban J connectivity index is 2.78. The third-order valence-electron chi connectivity index (χ3n) is 2.72. The Morgan fingerprint density at radius 3 is 2.59 bits per heavy atom. The number of nitrogens with one attached hydrogen (secondary N) is 1. The number of aromatic nitrogens is 1. The lowest BCUT2D eigenvalue weighted by atomic mass is 10.0. The van der Waals surface area contributed by atoms with Crippen LogP contribution < -0.4 is 5.32 Å². The van der Waals surface area contributed by atoms with Gasteiger partial charge in [0.05, 0.1) is 5.52 Å². The molecule has 2 aromatic rings. The van der Waals surface area contributed by atoms with Crippen LogP contribution in [0.5, 0.6) is 0 Å². The van der Waals surface area contributed by atoms with Crippen LogP contribution in [0.4, 0.5) is 5.82 Å². The van der Waals surface area contributed by atoms with Crippen LogP contribution in [0.25, 0.3) is 10.9 Å². The van der Waals surface area contributed by atoms with Gasteiger partial charge in [0.15, 0.2) is 0 Å². The summed E-state index contributed by atoms with van der Waals surface area (Å²) < 4.78 is 0.923. The fourth-order valence-electron chi connectivity index (χ4n) is 1.87. The summed E-state index contributed by atoms with van der Waals surface area (Å²) >= 11 is 9.55. The van der Waals surface area contributed by atoms with Gasteiger partial charge in [-0.1, -0.05) is 25.4 Å². The zero-order chi connectivity index (χ0) is 12.6. The van der Waals surface area contributed by atoms with Gasteiger partial charge in [0.2, 0.25) is 0 Å². The lowest BCUT2D eigenvalue weighted by molar-refractivity contribution is 0.864. The zero-order valence-corrected chi connectivity index (χ0v) is 12.4. The standard InChI is InChI=1S/C13H14BrClN2/c1-7(2)10-5-8-4-9(15)6-11(14)12(8)17-13(10)16-3/h4-7H,1-3H3,(H,16,17). The Bertz CT molecular complexity index is 567. The normalized spacial score (nSPS) is 11.2. The number of halogens is 2. The molecule has 0 saturated carbocycles. The van der Waals surface area contributed by atoms with Crippen molar-refractivity contribution in [3.8, 4) is 0 Å². The van der Waals surface area contributed by atoms with Gasteiger partial charge < -0.3 is 5.32 Å². The summed E-state index contributed by atoms with van der Waals surface area (Å²) in [4.78, 5) is 4.64. The maximum atomic E-state index is 6.06. The SMILES string of the molecule is CNc1nc2c(Br)cc(Cl)cc2cc1C(C)C. The van der Waals surface area contributed by atoms with Crippen molar-refractivity contribution in [3.05, 3.63) is 33.3 Å². The number of benzene rings is 1. The van der Waals surface area contributed by atoms with E-state index in [4.69, 9.17) is 11.6 Å². The molecular weight excluding hydrogens is 300 g/mol. The van der Waals surface area contributed by atoms with Gasteiger partial charge in [-0.15, -0.1) is 0 Å². The summed E-state index contributed by atoms with van der Waals surface area (Å²) in [5.74, 6) is 1.35. The molecule has 0 fully saturated rings. The number of nitrogens with zero attached hydrogens (tertiary/aromatic N) is 1. The Morgan fingerprint density at radius 1 is 1.29 bits per heavy atom. The van der Waals surface area contributed by atoms with Crippen molar-refractivity contribution in [1.82, 2.24) is 4.98 Å². The van der Waals surface area contributed by atoms with E-state index < -0.39 is 0 Å². The van der Waals surface area contributed by atoms with Crippen molar-refractivity contribution >= 4 is 44.3 Å². The highest BCUT2D eigenvalue weighted by atomic mass is 79.9. The van der Waals surface area contributed by atoms with Crippen LogP contribution >= 0.6 is 27.5 Å². The molecule has 0 atom stereocenters. The highest BCUT2D eigenvalue weighted by Gasteiger charge is 2.11. The van der Waals surface area contributed by atoms with E-state index in [1.165, 1.54) is 5.56 Å². The average molecular weight is 314 g/mol. The second kappa shape index (κ2) is 4.83.